The third kappa shape index (κ3) is 3.23. The molecule has 0 spiro atoms. The van der Waals surface area contributed by atoms with Gasteiger partial charge in [-0.15, -0.1) is 0 Å². The van der Waals surface area contributed by atoms with Gasteiger partial charge in [-0.3, -0.25) is 9.59 Å². The summed E-state index contributed by atoms with van der Waals surface area (Å²) in [6.45, 7) is 1.76. The van der Waals surface area contributed by atoms with Gasteiger partial charge in [-0.2, -0.15) is 0 Å². The number of benzene rings is 1. The van der Waals surface area contributed by atoms with Crippen molar-refractivity contribution >= 4 is 11.8 Å². The molecule has 1 aliphatic carbocycles. The Kier molecular flexibility index (Phi) is 3.50. The summed E-state index contributed by atoms with van der Waals surface area (Å²) in [5, 5.41) is 14.9. The minimum absolute atomic E-state index is 0.0668. The Hall–Kier alpha value is -2.04. The largest absolute Gasteiger partial charge is 0.507 e. The van der Waals surface area contributed by atoms with Crippen LogP contribution in [-0.2, 0) is 4.79 Å². The highest BCUT2D eigenvalue weighted by Crippen LogP contribution is 2.19. The summed E-state index contributed by atoms with van der Waals surface area (Å²) in [4.78, 5) is 23.1. The SMILES string of the molecule is Cc1ccc(C(=O)NCC(=O)NC2CC2)c(O)c1. The van der Waals surface area contributed by atoms with Gasteiger partial charge >= 0.3 is 0 Å². The lowest BCUT2D eigenvalue weighted by molar-refractivity contribution is -0.120. The molecule has 0 aromatic heterocycles. The minimum Gasteiger partial charge on any atom is -0.507 e. The minimum atomic E-state index is -0.446. The Morgan fingerprint density at radius 3 is 2.72 bits per heavy atom. The molecule has 0 unspecified atom stereocenters. The van der Waals surface area contributed by atoms with E-state index in [2.05, 4.69) is 10.6 Å². The van der Waals surface area contributed by atoms with Crippen molar-refractivity contribution in [3.63, 3.8) is 0 Å². The maximum atomic E-state index is 11.7. The molecule has 2 rings (SSSR count). The van der Waals surface area contributed by atoms with Crippen LogP contribution in [0.5, 0.6) is 5.75 Å². The van der Waals surface area contributed by atoms with Crippen LogP contribution in [-0.4, -0.2) is 29.5 Å². The molecule has 1 aromatic carbocycles. The van der Waals surface area contributed by atoms with Crippen molar-refractivity contribution in [3.8, 4) is 5.75 Å². The van der Waals surface area contributed by atoms with E-state index in [9.17, 15) is 14.7 Å². The monoisotopic (exact) mass is 248 g/mol. The summed E-state index contributed by atoms with van der Waals surface area (Å²) in [5.41, 5.74) is 1.05. The smallest absolute Gasteiger partial charge is 0.255 e. The van der Waals surface area contributed by atoms with E-state index in [4.69, 9.17) is 0 Å². The van der Waals surface area contributed by atoms with E-state index < -0.39 is 5.91 Å². The third-order valence-electron chi connectivity index (χ3n) is 2.75. The molecule has 1 fully saturated rings. The zero-order valence-electron chi connectivity index (χ0n) is 10.2. The first-order valence-electron chi connectivity index (χ1n) is 5.93. The Balaban J connectivity index is 1.88. The molecule has 0 atom stereocenters. The lowest BCUT2D eigenvalue weighted by atomic mass is 10.1. The number of phenols is 1. The highest BCUT2D eigenvalue weighted by atomic mass is 16.3. The van der Waals surface area contributed by atoms with E-state index >= 15 is 0 Å². The van der Waals surface area contributed by atoms with Crippen molar-refractivity contribution in [3.05, 3.63) is 29.3 Å². The first-order valence-corrected chi connectivity index (χ1v) is 5.93. The van der Waals surface area contributed by atoms with Crippen LogP contribution in [0, 0.1) is 6.92 Å². The molecule has 5 heteroatoms. The maximum Gasteiger partial charge on any atom is 0.255 e. The normalized spacial score (nSPS) is 14.1. The Morgan fingerprint density at radius 2 is 2.11 bits per heavy atom. The molecule has 0 radical (unpaired) electrons. The lowest BCUT2D eigenvalue weighted by Crippen LogP contribution is -2.37. The van der Waals surface area contributed by atoms with Gasteiger partial charge in [0.05, 0.1) is 12.1 Å². The third-order valence-corrected chi connectivity index (χ3v) is 2.75. The Labute approximate surface area is 105 Å². The first kappa shape index (κ1) is 12.4. The molecular formula is C13H16N2O3. The molecule has 1 saturated carbocycles. The quantitative estimate of drug-likeness (QED) is 0.734. The number of carbonyl (C=O) groups is 2. The summed E-state index contributed by atoms with van der Waals surface area (Å²) in [5.74, 6) is -0.717. The fourth-order valence-corrected chi connectivity index (χ4v) is 1.60. The highest BCUT2D eigenvalue weighted by molar-refractivity contribution is 5.98. The number of aromatic hydroxyl groups is 1. The fourth-order valence-electron chi connectivity index (χ4n) is 1.60. The number of aryl methyl sites for hydroxylation is 1. The van der Waals surface area contributed by atoms with E-state index in [1.54, 1.807) is 12.1 Å². The molecule has 1 aromatic rings. The van der Waals surface area contributed by atoms with Gasteiger partial charge in [0.25, 0.3) is 5.91 Å². The molecule has 0 saturated heterocycles. The summed E-state index contributed by atoms with van der Waals surface area (Å²) < 4.78 is 0. The molecule has 0 heterocycles. The second kappa shape index (κ2) is 5.08. The van der Waals surface area contributed by atoms with Crippen molar-refractivity contribution in [2.24, 2.45) is 0 Å². The van der Waals surface area contributed by atoms with Crippen LogP contribution in [0.25, 0.3) is 0 Å². The molecule has 3 N–H and O–H groups in total. The van der Waals surface area contributed by atoms with Crippen LogP contribution >= 0.6 is 0 Å². The highest BCUT2D eigenvalue weighted by Gasteiger charge is 2.23. The lowest BCUT2D eigenvalue weighted by Gasteiger charge is -2.07. The number of hydrogen-bond donors (Lipinski definition) is 3. The summed E-state index contributed by atoms with van der Waals surface area (Å²) in [7, 11) is 0. The van der Waals surface area contributed by atoms with Crippen molar-refractivity contribution in [2.75, 3.05) is 6.54 Å². The van der Waals surface area contributed by atoms with Gasteiger partial charge in [0, 0.05) is 6.04 Å². The average molecular weight is 248 g/mol. The molecule has 0 bridgehead atoms. The van der Waals surface area contributed by atoms with Gasteiger partial charge in [-0.05, 0) is 37.5 Å². The van der Waals surface area contributed by atoms with Gasteiger partial charge in [-0.1, -0.05) is 6.07 Å². The number of rotatable bonds is 4. The zero-order chi connectivity index (χ0) is 13.1. The zero-order valence-corrected chi connectivity index (χ0v) is 10.2. The molecular weight excluding hydrogens is 232 g/mol. The number of carbonyl (C=O) groups excluding carboxylic acids is 2. The van der Waals surface area contributed by atoms with E-state index in [-0.39, 0.29) is 29.8 Å². The van der Waals surface area contributed by atoms with Gasteiger partial charge in [0.2, 0.25) is 5.91 Å². The maximum absolute atomic E-state index is 11.7. The molecule has 96 valence electrons. The van der Waals surface area contributed by atoms with Crippen LogP contribution in [0.2, 0.25) is 0 Å². The number of amides is 2. The Morgan fingerprint density at radius 1 is 1.39 bits per heavy atom. The number of phenolic OH excluding ortho intramolecular Hbond substituents is 1. The van der Waals surface area contributed by atoms with Crippen molar-refractivity contribution in [1.29, 1.82) is 0 Å². The Bertz CT molecular complexity index is 481. The number of hydrogen-bond acceptors (Lipinski definition) is 3. The summed E-state index contributed by atoms with van der Waals surface area (Å²) in [6.07, 6.45) is 2.02. The molecule has 0 aliphatic heterocycles. The van der Waals surface area contributed by atoms with Gasteiger partial charge in [0.1, 0.15) is 5.75 Å². The standard InChI is InChI=1S/C13H16N2O3/c1-8-2-5-10(11(16)6-8)13(18)14-7-12(17)15-9-3-4-9/h2,5-6,9,16H,3-4,7H2,1H3,(H,14,18)(H,15,17). The van der Waals surface area contributed by atoms with Crippen LogP contribution in [0.1, 0.15) is 28.8 Å². The van der Waals surface area contributed by atoms with E-state index in [0.29, 0.717) is 0 Å². The van der Waals surface area contributed by atoms with Crippen LogP contribution in [0.15, 0.2) is 18.2 Å². The predicted molar refractivity (Wildman–Crippen MR) is 66.3 cm³/mol. The second-order valence-electron chi connectivity index (χ2n) is 4.55. The average Bonchev–Trinajstić information content (AvgIpc) is 3.10. The molecule has 1 aliphatic rings. The topological polar surface area (TPSA) is 78.4 Å². The molecule has 18 heavy (non-hydrogen) atoms. The molecule has 5 nitrogen and oxygen atoms in total. The van der Waals surface area contributed by atoms with E-state index in [1.807, 2.05) is 6.92 Å². The number of nitrogens with one attached hydrogen (secondary N) is 2. The second-order valence-corrected chi connectivity index (χ2v) is 4.55. The summed E-state index contributed by atoms with van der Waals surface area (Å²) >= 11 is 0. The van der Waals surface area contributed by atoms with Crippen molar-refractivity contribution in [1.82, 2.24) is 10.6 Å². The first-order chi connectivity index (χ1) is 8.56. The van der Waals surface area contributed by atoms with E-state index in [1.165, 1.54) is 6.07 Å². The van der Waals surface area contributed by atoms with Crippen LogP contribution in [0.3, 0.4) is 0 Å². The van der Waals surface area contributed by atoms with E-state index in [0.717, 1.165) is 18.4 Å². The predicted octanol–water partition coefficient (Wildman–Crippen LogP) is 0.709. The fraction of sp³-hybridized carbons (Fsp3) is 0.385. The van der Waals surface area contributed by atoms with Gasteiger partial charge in [-0.25, -0.2) is 0 Å². The van der Waals surface area contributed by atoms with Crippen molar-refractivity contribution in [2.45, 2.75) is 25.8 Å². The van der Waals surface area contributed by atoms with Crippen molar-refractivity contribution < 1.29 is 14.7 Å². The summed E-state index contributed by atoms with van der Waals surface area (Å²) in [6, 6.07) is 5.07. The van der Waals surface area contributed by atoms with Crippen LogP contribution < -0.4 is 10.6 Å². The van der Waals surface area contributed by atoms with Crippen LogP contribution in [0.4, 0.5) is 0 Å². The van der Waals surface area contributed by atoms with Gasteiger partial charge in [0.15, 0.2) is 0 Å². The molecule has 2 amide bonds. The van der Waals surface area contributed by atoms with Gasteiger partial charge < -0.3 is 15.7 Å².